The molecule has 0 amide bonds. The number of hydrogen-bond donors (Lipinski definition) is 0. The molecule has 0 saturated carbocycles. The Morgan fingerprint density at radius 3 is 2.18 bits per heavy atom. The minimum absolute atomic E-state index is 0.940. The molecule has 0 radical (unpaired) electrons. The molecule has 0 fully saturated rings. The van der Waals surface area contributed by atoms with E-state index in [4.69, 9.17) is 4.42 Å². The standard InChI is InChI=1S/C32H26NO/c1-21-15-17-28-27-13-9-12-26(24-16-18-25(22(2)20-24)23-10-5-4-6-11-23)31(27)34-32(28)30(21)29-14-7-8-19-33(29)3/h4-20H,1-3H3/q+1. The van der Waals surface area contributed by atoms with Gasteiger partial charge in [-0.05, 0) is 47.7 Å². The van der Waals surface area contributed by atoms with Crippen molar-refractivity contribution in [2.75, 3.05) is 0 Å². The van der Waals surface area contributed by atoms with Crippen molar-refractivity contribution in [1.82, 2.24) is 0 Å². The molecule has 0 atom stereocenters. The SMILES string of the molecule is Cc1cc(-c2cccc3c2oc2c(-c4cccc[n+]4C)c(C)ccc23)ccc1-c1ccccc1. The van der Waals surface area contributed by atoms with Crippen molar-refractivity contribution in [3.05, 3.63) is 114 Å². The number of hydrogen-bond acceptors (Lipinski definition) is 1. The molecule has 164 valence electrons. The number of pyridine rings is 1. The molecule has 0 aliphatic heterocycles. The summed E-state index contributed by atoms with van der Waals surface area (Å²) in [5.74, 6) is 0. The van der Waals surface area contributed by atoms with Crippen molar-refractivity contribution in [3.63, 3.8) is 0 Å². The molecular formula is C32H26NO+. The summed E-state index contributed by atoms with van der Waals surface area (Å²) in [6, 6.07) is 34.4. The Hall–Kier alpha value is -4.17. The first-order chi connectivity index (χ1) is 16.6. The molecule has 0 saturated heterocycles. The van der Waals surface area contributed by atoms with Gasteiger partial charge in [0.25, 0.3) is 0 Å². The zero-order valence-electron chi connectivity index (χ0n) is 19.7. The molecule has 0 bridgehead atoms. The van der Waals surface area contributed by atoms with Gasteiger partial charge in [-0.25, -0.2) is 4.57 Å². The molecule has 2 nitrogen and oxygen atoms in total. The van der Waals surface area contributed by atoms with Crippen LogP contribution in [0.15, 0.2) is 108 Å². The zero-order valence-corrected chi connectivity index (χ0v) is 19.7. The molecule has 0 N–H and O–H groups in total. The van der Waals surface area contributed by atoms with E-state index in [0.29, 0.717) is 0 Å². The van der Waals surface area contributed by atoms with Crippen LogP contribution < -0.4 is 4.57 Å². The normalized spacial score (nSPS) is 11.4. The number of fused-ring (bicyclic) bond motifs is 3. The van der Waals surface area contributed by atoms with Crippen molar-refractivity contribution in [2.45, 2.75) is 13.8 Å². The molecule has 2 aromatic heterocycles. The third kappa shape index (κ3) is 3.22. The predicted molar refractivity (Wildman–Crippen MR) is 141 cm³/mol. The second kappa shape index (κ2) is 8.00. The lowest BCUT2D eigenvalue weighted by molar-refractivity contribution is -0.660. The lowest BCUT2D eigenvalue weighted by Crippen LogP contribution is -2.30. The fourth-order valence-corrected chi connectivity index (χ4v) is 5.06. The van der Waals surface area contributed by atoms with E-state index in [9.17, 15) is 0 Å². The van der Waals surface area contributed by atoms with Crippen molar-refractivity contribution in [2.24, 2.45) is 7.05 Å². The minimum atomic E-state index is 0.940. The quantitative estimate of drug-likeness (QED) is 0.255. The number of rotatable bonds is 3. The van der Waals surface area contributed by atoms with Crippen molar-refractivity contribution in [3.8, 4) is 33.5 Å². The maximum atomic E-state index is 6.70. The summed E-state index contributed by atoms with van der Waals surface area (Å²) in [7, 11) is 2.08. The van der Waals surface area contributed by atoms with Crippen LogP contribution in [0.2, 0.25) is 0 Å². The average Bonchev–Trinajstić information content (AvgIpc) is 3.24. The van der Waals surface area contributed by atoms with Crippen LogP contribution in [0.5, 0.6) is 0 Å². The van der Waals surface area contributed by atoms with Crippen LogP contribution >= 0.6 is 0 Å². The zero-order chi connectivity index (χ0) is 23.2. The second-order valence-electron chi connectivity index (χ2n) is 9.01. The second-order valence-corrected chi connectivity index (χ2v) is 9.01. The van der Waals surface area contributed by atoms with Gasteiger partial charge in [-0.2, -0.15) is 0 Å². The maximum absolute atomic E-state index is 6.70. The molecule has 2 heterocycles. The Kier molecular flexibility index (Phi) is 4.81. The summed E-state index contributed by atoms with van der Waals surface area (Å²) in [6.07, 6.45) is 2.08. The first-order valence-corrected chi connectivity index (χ1v) is 11.7. The summed E-state index contributed by atoms with van der Waals surface area (Å²) in [5.41, 5.74) is 11.4. The molecular weight excluding hydrogens is 414 g/mol. The van der Waals surface area contributed by atoms with E-state index in [2.05, 4.69) is 129 Å². The smallest absolute Gasteiger partial charge is 0.216 e. The van der Waals surface area contributed by atoms with E-state index in [-0.39, 0.29) is 0 Å². The Balaban J connectivity index is 1.57. The summed E-state index contributed by atoms with van der Waals surface area (Å²) < 4.78 is 8.86. The molecule has 0 aliphatic carbocycles. The van der Waals surface area contributed by atoms with Gasteiger partial charge in [-0.1, -0.05) is 78.9 Å². The highest BCUT2D eigenvalue weighted by atomic mass is 16.3. The summed E-state index contributed by atoms with van der Waals surface area (Å²) in [6.45, 7) is 4.34. The van der Waals surface area contributed by atoms with Crippen LogP contribution in [-0.2, 0) is 7.05 Å². The van der Waals surface area contributed by atoms with Crippen molar-refractivity contribution >= 4 is 21.9 Å². The molecule has 0 unspecified atom stereocenters. The van der Waals surface area contributed by atoms with Crippen LogP contribution in [-0.4, -0.2) is 0 Å². The number of furan rings is 1. The molecule has 2 heteroatoms. The molecule has 34 heavy (non-hydrogen) atoms. The number of aryl methyl sites for hydroxylation is 3. The van der Waals surface area contributed by atoms with Crippen LogP contribution in [0.3, 0.4) is 0 Å². The molecule has 0 aliphatic rings. The third-order valence-electron chi connectivity index (χ3n) is 6.81. The number of nitrogens with zero attached hydrogens (tertiary/aromatic N) is 1. The first kappa shape index (κ1) is 20.4. The van der Waals surface area contributed by atoms with Crippen LogP contribution in [0.4, 0.5) is 0 Å². The Labute approximate surface area is 199 Å². The highest BCUT2D eigenvalue weighted by molar-refractivity contribution is 6.13. The number of benzene rings is 4. The highest BCUT2D eigenvalue weighted by Crippen LogP contribution is 2.41. The number of para-hydroxylation sites is 1. The van der Waals surface area contributed by atoms with Crippen molar-refractivity contribution in [1.29, 1.82) is 0 Å². The van der Waals surface area contributed by atoms with Gasteiger partial charge in [-0.15, -0.1) is 0 Å². The largest absolute Gasteiger partial charge is 0.454 e. The van der Waals surface area contributed by atoms with E-state index in [0.717, 1.165) is 38.8 Å². The minimum Gasteiger partial charge on any atom is -0.454 e. The Morgan fingerprint density at radius 1 is 0.588 bits per heavy atom. The van der Waals surface area contributed by atoms with Gasteiger partial charge in [0, 0.05) is 28.5 Å². The number of aromatic nitrogens is 1. The Morgan fingerprint density at radius 2 is 1.38 bits per heavy atom. The predicted octanol–water partition coefficient (Wildman–Crippen LogP) is 8.03. The fraction of sp³-hybridized carbons (Fsp3) is 0.0938. The molecule has 0 spiro atoms. The van der Waals surface area contributed by atoms with E-state index in [1.807, 2.05) is 0 Å². The molecule has 6 aromatic rings. The van der Waals surface area contributed by atoms with Crippen molar-refractivity contribution < 1.29 is 8.98 Å². The van der Waals surface area contributed by atoms with Crippen LogP contribution in [0.1, 0.15) is 11.1 Å². The van der Waals surface area contributed by atoms with Gasteiger partial charge in [0.15, 0.2) is 6.20 Å². The van der Waals surface area contributed by atoms with Gasteiger partial charge >= 0.3 is 0 Å². The highest BCUT2D eigenvalue weighted by Gasteiger charge is 2.21. The van der Waals surface area contributed by atoms with Gasteiger partial charge in [0.1, 0.15) is 18.2 Å². The fourth-order valence-electron chi connectivity index (χ4n) is 5.06. The van der Waals surface area contributed by atoms with E-state index in [1.165, 1.54) is 27.8 Å². The van der Waals surface area contributed by atoms with Gasteiger partial charge < -0.3 is 4.42 Å². The van der Waals surface area contributed by atoms with Crippen LogP contribution in [0.25, 0.3) is 55.4 Å². The molecule has 6 rings (SSSR count). The topological polar surface area (TPSA) is 17.0 Å². The average molecular weight is 441 g/mol. The summed E-state index contributed by atoms with van der Waals surface area (Å²) >= 11 is 0. The van der Waals surface area contributed by atoms with E-state index >= 15 is 0 Å². The van der Waals surface area contributed by atoms with Gasteiger partial charge in [-0.3, -0.25) is 0 Å². The molecule has 4 aromatic carbocycles. The van der Waals surface area contributed by atoms with Gasteiger partial charge in [0.2, 0.25) is 5.69 Å². The third-order valence-corrected chi connectivity index (χ3v) is 6.81. The summed E-state index contributed by atoms with van der Waals surface area (Å²) in [4.78, 5) is 0. The lowest BCUT2D eigenvalue weighted by atomic mass is 9.95. The van der Waals surface area contributed by atoms with Gasteiger partial charge in [0.05, 0.1) is 5.56 Å². The van der Waals surface area contributed by atoms with E-state index in [1.54, 1.807) is 0 Å². The van der Waals surface area contributed by atoms with E-state index < -0.39 is 0 Å². The summed E-state index contributed by atoms with van der Waals surface area (Å²) in [5, 5.41) is 2.30. The monoisotopic (exact) mass is 440 g/mol. The Bertz CT molecular complexity index is 1680. The first-order valence-electron chi connectivity index (χ1n) is 11.7. The lowest BCUT2D eigenvalue weighted by Gasteiger charge is -2.09. The maximum Gasteiger partial charge on any atom is 0.216 e. The van der Waals surface area contributed by atoms with Crippen LogP contribution in [0, 0.1) is 13.8 Å².